The number of nitrogens with zero attached hydrogens (tertiary/aromatic N) is 6. The van der Waals surface area contributed by atoms with Crippen molar-refractivity contribution in [3.8, 4) is 45.0 Å². The molecule has 0 fully saturated rings. The highest BCUT2D eigenvalue weighted by Crippen LogP contribution is 2.34. The summed E-state index contributed by atoms with van der Waals surface area (Å²) in [5.74, 6) is 0. The quantitative estimate of drug-likeness (QED) is 0.360. The van der Waals surface area contributed by atoms with Crippen LogP contribution in [-0.2, 0) is 13.1 Å². The fourth-order valence-electron chi connectivity index (χ4n) is 3.76. The molecule has 0 radical (unpaired) electrons. The highest BCUT2D eigenvalue weighted by Gasteiger charge is 2.18. The second kappa shape index (κ2) is 8.59. The summed E-state index contributed by atoms with van der Waals surface area (Å²) in [5.41, 5.74) is 7.60. The van der Waals surface area contributed by atoms with Gasteiger partial charge in [0, 0.05) is 22.3 Å². The Morgan fingerprint density at radius 1 is 0.469 bits per heavy atom. The van der Waals surface area contributed by atoms with Crippen LogP contribution >= 0.6 is 0 Å². The Morgan fingerprint density at radius 2 is 0.812 bits per heavy atom. The highest BCUT2D eigenvalue weighted by atomic mass is 15.5. The van der Waals surface area contributed by atoms with Crippen LogP contribution < -0.4 is 0 Å². The van der Waals surface area contributed by atoms with Crippen molar-refractivity contribution in [2.45, 2.75) is 26.9 Å². The number of hydrogen-bond acceptors (Lipinski definition) is 4. The van der Waals surface area contributed by atoms with E-state index in [0.717, 1.165) is 45.0 Å². The second-order valence-corrected chi connectivity index (χ2v) is 7.48. The maximum Gasteiger partial charge on any atom is 0.121 e. The molecule has 2 heterocycles. The number of aryl methyl sites for hydroxylation is 2. The second-order valence-electron chi connectivity index (χ2n) is 7.48. The van der Waals surface area contributed by atoms with Crippen LogP contribution in [0.25, 0.3) is 45.0 Å². The number of aromatic nitrogens is 6. The highest BCUT2D eigenvalue weighted by molar-refractivity contribution is 5.83. The Balaban J connectivity index is 1.64. The van der Waals surface area contributed by atoms with E-state index in [2.05, 4.69) is 42.5 Å². The molecule has 0 bridgehead atoms. The molecule has 0 aliphatic heterocycles. The molecular formula is C26H24N6. The van der Waals surface area contributed by atoms with Gasteiger partial charge in [0.2, 0.25) is 0 Å². The van der Waals surface area contributed by atoms with E-state index < -0.39 is 0 Å². The van der Waals surface area contributed by atoms with Crippen LogP contribution in [0.15, 0.2) is 84.9 Å². The van der Waals surface area contributed by atoms with Crippen LogP contribution in [0.2, 0.25) is 0 Å². The zero-order chi connectivity index (χ0) is 21.9. The summed E-state index contributed by atoms with van der Waals surface area (Å²) in [6, 6.07) is 28.7. The molecule has 0 saturated heterocycles. The van der Waals surface area contributed by atoms with Crippen LogP contribution in [0.3, 0.4) is 0 Å². The summed E-state index contributed by atoms with van der Waals surface area (Å²) in [6.07, 6.45) is 0. The van der Waals surface area contributed by atoms with Gasteiger partial charge in [-0.2, -0.15) is 30.0 Å². The van der Waals surface area contributed by atoms with Gasteiger partial charge < -0.3 is 0 Å². The monoisotopic (exact) mass is 420 g/mol. The molecule has 5 rings (SSSR count). The van der Waals surface area contributed by atoms with Gasteiger partial charge in [0.25, 0.3) is 0 Å². The summed E-state index contributed by atoms with van der Waals surface area (Å²) in [4.78, 5) is 3.49. The molecule has 0 atom stereocenters. The average molecular weight is 421 g/mol. The molecule has 3 aromatic carbocycles. The maximum atomic E-state index is 4.78. The summed E-state index contributed by atoms with van der Waals surface area (Å²) < 4.78 is 0. The first kappa shape index (κ1) is 19.9. The molecule has 0 aliphatic rings. The molecule has 0 amide bonds. The fraction of sp³-hybridized carbons (Fsp3) is 0.154. The minimum atomic E-state index is 0.711. The Labute approximate surface area is 187 Å². The first-order valence-corrected chi connectivity index (χ1v) is 10.9. The molecule has 5 aromatic rings. The van der Waals surface area contributed by atoms with Gasteiger partial charge in [-0.3, -0.25) is 0 Å². The molecule has 6 heteroatoms. The van der Waals surface area contributed by atoms with Gasteiger partial charge in [-0.25, -0.2) is 0 Å². The lowest BCUT2D eigenvalue weighted by Gasteiger charge is -2.05. The molecule has 0 saturated carbocycles. The first-order valence-electron chi connectivity index (χ1n) is 10.9. The van der Waals surface area contributed by atoms with E-state index in [-0.39, 0.29) is 0 Å². The Hall–Kier alpha value is -4.06. The molecule has 0 spiro atoms. The van der Waals surface area contributed by atoms with Crippen LogP contribution in [0.1, 0.15) is 13.8 Å². The summed E-state index contributed by atoms with van der Waals surface area (Å²) in [6.45, 7) is 5.51. The molecule has 6 nitrogen and oxygen atoms in total. The SMILES string of the molecule is CCn1nc(-c2ccccc2)c(-c2cccc(-c3nn(CC)nc3-c3ccccc3)c2)n1. The third-order valence-electron chi connectivity index (χ3n) is 5.38. The predicted octanol–water partition coefficient (Wildman–Crippen LogP) is 5.58. The lowest BCUT2D eigenvalue weighted by atomic mass is 10.00. The van der Waals surface area contributed by atoms with Gasteiger partial charge in [-0.1, -0.05) is 78.9 Å². The molecule has 32 heavy (non-hydrogen) atoms. The topological polar surface area (TPSA) is 61.4 Å². The van der Waals surface area contributed by atoms with Gasteiger partial charge in [0.1, 0.15) is 22.8 Å². The van der Waals surface area contributed by atoms with E-state index in [9.17, 15) is 0 Å². The number of rotatable bonds is 6. The van der Waals surface area contributed by atoms with E-state index in [4.69, 9.17) is 20.4 Å². The van der Waals surface area contributed by atoms with E-state index in [1.807, 2.05) is 56.3 Å². The largest absolute Gasteiger partial charge is 0.184 e. The zero-order valence-electron chi connectivity index (χ0n) is 18.2. The fourth-order valence-corrected chi connectivity index (χ4v) is 3.76. The first-order chi connectivity index (χ1) is 15.8. The molecule has 0 unspecified atom stereocenters. The Bertz CT molecular complexity index is 1230. The number of hydrogen-bond donors (Lipinski definition) is 0. The molecular weight excluding hydrogens is 396 g/mol. The van der Waals surface area contributed by atoms with Crippen molar-refractivity contribution in [3.05, 3.63) is 84.9 Å². The number of benzene rings is 3. The normalized spacial score (nSPS) is 11.1. The zero-order valence-corrected chi connectivity index (χ0v) is 18.2. The van der Waals surface area contributed by atoms with Crippen molar-refractivity contribution in [1.29, 1.82) is 0 Å². The minimum Gasteiger partial charge on any atom is -0.184 e. The van der Waals surface area contributed by atoms with Crippen LogP contribution in [0.4, 0.5) is 0 Å². The smallest absolute Gasteiger partial charge is 0.121 e. The minimum absolute atomic E-state index is 0.711. The van der Waals surface area contributed by atoms with E-state index >= 15 is 0 Å². The van der Waals surface area contributed by atoms with Crippen molar-refractivity contribution in [2.24, 2.45) is 0 Å². The summed E-state index contributed by atoms with van der Waals surface area (Å²) in [7, 11) is 0. The summed E-state index contributed by atoms with van der Waals surface area (Å²) in [5, 5.41) is 19.0. The van der Waals surface area contributed by atoms with Crippen molar-refractivity contribution in [1.82, 2.24) is 30.0 Å². The molecule has 0 aliphatic carbocycles. The third kappa shape index (κ3) is 3.71. The standard InChI is InChI=1S/C26H24N6/c1-3-31-27-23(19-12-7-5-8-13-19)25(29-31)21-16-11-17-22(18-21)26-24(28-32(4-2)30-26)20-14-9-6-10-15-20/h5-18H,3-4H2,1-2H3. The van der Waals surface area contributed by atoms with Crippen LogP contribution in [0, 0.1) is 0 Å². The van der Waals surface area contributed by atoms with Gasteiger partial charge >= 0.3 is 0 Å². The van der Waals surface area contributed by atoms with Crippen molar-refractivity contribution >= 4 is 0 Å². The predicted molar refractivity (Wildman–Crippen MR) is 127 cm³/mol. The van der Waals surface area contributed by atoms with Crippen LogP contribution in [-0.4, -0.2) is 30.0 Å². The van der Waals surface area contributed by atoms with Crippen molar-refractivity contribution < 1.29 is 0 Å². The molecule has 0 N–H and O–H groups in total. The van der Waals surface area contributed by atoms with Crippen molar-refractivity contribution in [2.75, 3.05) is 0 Å². The van der Waals surface area contributed by atoms with Gasteiger partial charge in [-0.15, -0.1) is 0 Å². The Kier molecular flexibility index (Phi) is 5.34. The van der Waals surface area contributed by atoms with Crippen LogP contribution in [0.5, 0.6) is 0 Å². The lowest BCUT2D eigenvalue weighted by Crippen LogP contribution is -1.98. The van der Waals surface area contributed by atoms with Gasteiger partial charge in [0.05, 0.1) is 13.1 Å². The maximum absolute atomic E-state index is 4.78. The van der Waals surface area contributed by atoms with Gasteiger partial charge in [-0.05, 0) is 19.9 Å². The average Bonchev–Trinajstić information content (AvgIpc) is 3.50. The van der Waals surface area contributed by atoms with Crippen molar-refractivity contribution in [3.63, 3.8) is 0 Å². The third-order valence-corrected chi connectivity index (χ3v) is 5.38. The van der Waals surface area contributed by atoms with Gasteiger partial charge in [0.15, 0.2) is 0 Å². The van der Waals surface area contributed by atoms with E-state index in [1.165, 1.54) is 0 Å². The van der Waals surface area contributed by atoms with E-state index in [0.29, 0.717) is 13.1 Å². The summed E-state index contributed by atoms with van der Waals surface area (Å²) >= 11 is 0. The van der Waals surface area contributed by atoms with E-state index in [1.54, 1.807) is 9.59 Å². The Morgan fingerprint density at radius 3 is 1.19 bits per heavy atom. The lowest BCUT2D eigenvalue weighted by molar-refractivity contribution is 0.572. The molecule has 158 valence electrons. The molecule has 2 aromatic heterocycles.